The average Bonchev–Trinajstić information content (AvgIpc) is 2.29. The molecule has 1 atom stereocenters. The van der Waals surface area contributed by atoms with Gasteiger partial charge in [0.05, 0.1) is 5.56 Å². The Morgan fingerprint density at radius 1 is 1.33 bits per heavy atom. The summed E-state index contributed by atoms with van der Waals surface area (Å²) in [7, 11) is 0. The molecule has 2 nitrogen and oxygen atoms in total. The lowest BCUT2D eigenvalue weighted by atomic mass is 9.74. The highest BCUT2D eigenvalue weighted by molar-refractivity contribution is 5.80. The van der Waals surface area contributed by atoms with Crippen LogP contribution in [0, 0.1) is 5.92 Å². The molecule has 0 amide bonds. The maximum absolute atomic E-state index is 10.1. The molecule has 1 aliphatic heterocycles. The molecule has 1 aromatic carbocycles. The van der Waals surface area contributed by atoms with Gasteiger partial charge in [-0.1, -0.05) is 13.0 Å². The van der Waals surface area contributed by atoms with E-state index in [1.807, 2.05) is 12.1 Å². The lowest BCUT2D eigenvalue weighted by Crippen LogP contribution is -2.36. The number of hydrogen-bond donors (Lipinski definition) is 1. The molecule has 0 aromatic heterocycles. The van der Waals surface area contributed by atoms with Gasteiger partial charge in [0, 0.05) is 0 Å². The molecular weight excluding hydrogens is 224 g/mol. The quantitative estimate of drug-likeness (QED) is 0.743. The van der Waals surface area contributed by atoms with E-state index < -0.39 is 0 Å². The molecule has 1 unspecified atom stereocenters. The van der Waals surface area contributed by atoms with E-state index in [1.54, 1.807) is 6.07 Å². The van der Waals surface area contributed by atoms with E-state index in [1.165, 1.54) is 17.6 Å². The summed E-state index contributed by atoms with van der Waals surface area (Å²) in [6.45, 7) is 6.56. The van der Waals surface area contributed by atoms with Crippen LogP contribution >= 0.6 is 0 Å². The number of aromatic hydroxyl groups is 1. The smallest absolute Gasteiger partial charge is 0.131 e. The van der Waals surface area contributed by atoms with E-state index in [-0.39, 0.29) is 5.60 Å². The number of ether oxygens (including phenoxy) is 1. The van der Waals surface area contributed by atoms with Crippen LogP contribution in [-0.2, 0) is 0 Å². The largest absolute Gasteiger partial charge is 0.507 e. The lowest BCUT2D eigenvalue weighted by Gasteiger charge is -2.41. The highest BCUT2D eigenvalue weighted by Gasteiger charge is 2.38. The van der Waals surface area contributed by atoms with E-state index in [0.29, 0.717) is 11.7 Å². The van der Waals surface area contributed by atoms with Gasteiger partial charge in [-0.3, -0.25) is 0 Å². The highest BCUT2D eigenvalue weighted by atomic mass is 16.5. The van der Waals surface area contributed by atoms with Gasteiger partial charge in [-0.05, 0) is 62.3 Å². The van der Waals surface area contributed by atoms with Crippen molar-refractivity contribution < 1.29 is 9.84 Å². The molecule has 0 bridgehead atoms. The lowest BCUT2D eigenvalue weighted by molar-refractivity contribution is 0.133. The van der Waals surface area contributed by atoms with Crippen molar-refractivity contribution in [1.29, 1.82) is 0 Å². The summed E-state index contributed by atoms with van der Waals surface area (Å²) < 4.78 is 6.10. The predicted octanol–water partition coefficient (Wildman–Crippen LogP) is 4.14. The fraction of sp³-hybridized carbons (Fsp3) is 0.500. The summed E-state index contributed by atoms with van der Waals surface area (Å²) in [5.74, 6) is 1.89. The minimum Gasteiger partial charge on any atom is -0.507 e. The monoisotopic (exact) mass is 244 g/mol. The summed E-state index contributed by atoms with van der Waals surface area (Å²) in [6, 6.07) is 5.56. The Hall–Kier alpha value is -1.44. The first kappa shape index (κ1) is 11.6. The third kappa shape index (κ3) is 1.63. The molecule has 0 radical (unpaired) electrons. The number of phenolic OH excluding ortho intramolecular Hbond substituents is 1. The van der Waals surface area contributed by atoms with Gasteiger partial charge in [0.1, 0.15) is 17.1 Å². The van der Waals surface area contributed by atoms with Crippen molar-refractivity contribution in [2.75, 3.05) is 0 Å². The molecule has 1 N–H and O–H groups in total. The molecule has 0 saturated carbocycles. The van der Waals surface area contributed by atoms with E-state index in [0.717, 1.165) is 24.2 Å². The third-order valence-corrected chi connectivity index (χ3v) is 4.20. The van der Waals surface area contributed by atoms with Gasteiger partial charge in [0.15, 0.2) is 0 Å². The number of rotatable bonds is 0. The summed E-state index contributed by atoms with van der Waals surface area (Å²) in [4.78, 5) is 0. The second-order valence-corrected chi connectivity index (χ2v) is 6.07. The molecule has 1 heterocycles. The number of phenols is 1. The second-order valence-electron chi connectivity index (χ2n) is 6.07. The highest BCUT2D eigenvalue weighted by Crippen LogP contribution is 2.50. The predicted molar refractivity (Wildman–Crippen MR) is 72.7 cm³/mol. The van der Waals surface area contributed by atoms with Gasteiger partial charge in [-0.15, -0.1) is 0 Å². The zero-order valence-electron chi connectivity index (χ0n) is 11.3. The molecule has 96 valence electrons. The van der Waals surface area contributed by atoms with Gasteiger partial charge in [0.25, 0.3) is 0 Å². The molecule has 1 aliphatic carbocycles. The zero-order valence-corrected chi connectivity index (χ0v) is 11.3. The van der Waals surface area contributed by atoms with Crippen molar-refractivity contribution in [3.8, 4) is 11.5 Å². The van der Waals surface area contributed by atoms with Gasteiger partial charge in [-0.2, -0.15) is 0 Å². The molecule has 18 heavy (non-hydrogen) atoms. The van der Waals surface area contributed by atoms with Crippen molar-refractivity contribution >= 4 is 5.57 Å². The van der Waals surface area contributed by atoms with Crippen LogP contribution in [0.3, 0.4) is 0 Å². The summed E-state index contributed by atoms with van der Waals surface area (Å²) >= 11 is 0. The summed E-state index contributed by atoms with van der Waals surface area (Å²) in [5.41, 5.74) is 3.37. The van der Waals surface area contributed by atoms with E-state index in [9.17, 15) is 5.11 Å². The number of hydrogen-bond acceptors (Lipinski definition) is 2. The molecule has 1 aromatic rings. The maximum atomic E-state index is 10.1. The van der Waals surface area contributed by atoms with Crippen LogP contribution < -0.4 is 4.74 Å². The van der Waals surface area contributed by atoms with Crippen molar-refractivity contribution in [3.05, 3.63) is 29.3 Å². The Kier molecular flexibility index (Phi) is 2.44. The normalized spacial score (nSPS) is 25.2. The number of fused-ring (bicyclic) bond motifs is 2. The minimum atomic E-state index is -0.245. The number of allylic oxidation sites excluding steroid dienone is 1. The Morgan fingerprint density at radius 3 is 2.89 bits per heavy atom. The molecule has 0 spiro atoms. The van der Waals surface area contributed by atoms with Crippen LogP contribution in [0.5, 0.6) is 11.5 Å². The summed E-state index contributed by atoms with van der Waals surface area (Å²) in [5, 5.41) is 10.1. The Morgan fingerprint density at radius 2 is 2.11 bits per heavy atom. The van der Waals surface area contributed by atoms with Crippen LogP contribution in [0.1, 0.15) is 45.6 Å². The first-order valence-corrected chi connectivity index (χ1v) is 6.73. The van der Waals surface area contributed by atoms with Crippen LogP contribution in [0.2, 0.25) is 0 Å². The van der Waals surface area contributed by atoms with Gasteiger partial charge in [0.2, 0.25) is 0 Å². The van der Waals surface area contributed by atoms with Gasteiger partial charge < -0.3 is 9.84 Å². The minimum absolute atomic E-state index is 0.245. The molecule has 2 heteroatoms. The molecule has 0 saturated heterocycles. The Labute approximate surface area is 108 Å². The van der Waals surface area contributed by atoms with Crippen LogP contribution in [0.4, 0.5) is 0 Å². The zero-order chi connectivity index (χ0) is 12.9. The van der Waals surface area contributed by atoms with Gasteiger partial charge >= 0.3 is 0 Å². The SMILES string of the molecule is CC1CCC2=C(C1)C(C)(C)Oc1cccc(O)c12. The fourth-order valence-electron chi connectivity index (χ4n) is 3.24. The van der Waals surface area contributed by atoms with Crippen molar-refractivity contribution in [1.82, 2.24) is 0 Å². The van der Waals surface area contributed by atoms with Crippen molar-refractivity contribution in [2.24, 2.45) is 5.92 Å². The van der Waals surface area contributed by atoms with Crippen LogP contribution in [-0.4, -0.2) is 10.7 Å². The van der Waals surface area contributed by atoms with E-state index >= 15 is 0 Å². The van der Waals surface area contributed by atoms with Gasteiger partial charge in [-0.25, -0.2) is 0 Å². The standard InChI is InChI=1S/C16H20O2/c1-10-7-8-11-12(9-10)16(2,3)18-14-6-4-5-13(17)15(11)14/h4-6,10,17H,7-9H2,1-3H3. The Bertz CT molecular complexity index is 526. The average molecular weight is 244 g/mol. The van der Waals surface area contributed by atoms with E-state index in [4.69, 9.17) is 4.74 Å². The second kappa shape index (κ2) is 3.78. The first-order valence-electron chi connectivity index (χ1n) is 6.73. The fourth-order valence-corrected chi connectivity index (χ4v) is 3.24. The van der Waals surface area contributed by atoms with E-state index in [2.05, 4.69) is 20.8 Å². The molecule has 3 rings (SSSR count). The number of benzene rings is 1. The van der Waals surface area contributed by atoms with Crippen molar-refractivity contribution in [3.63, 3.8) is 0 Å². The Balaban J connectivity index is 2.22. The molecule has 0 fully saturated rings. The van der Waals surface area contributed by atoms with Crippen LogP contribution in [0.25, 0.3) is 5.57 Å². The summed E-state index contributed by atoms with van der Waals surface area (Å²) in [6.07, 6.45) is 3.33. The topological polar surface area (TPSA) is 29.5 Å². The molecule has 2 aliphatic rings. The first-order chi connectivity index (χ1) is 8.49. The maximum Gasteiger partial charge on any atom is 0.131 e. The van der Waals surface area contributed by atoms with Crippen molar-refractivity contribution in [2.45, 2.75) is 45.6 Å². The third-order valence-electron chi connectivity index (χ3n) is 4.20. The molecular formula is C16H20O2. The van der Waals surface area contributed by atoms with Crippen LogP contribution in [0.15, 0.2) is 23.8 Å².